The van der Waals surface area contributed by atoms with Gasteiger partial charge in [-0.3, -0.25) is 0 Å². The maximum absolute atomic E-state index is 6.15. The lowest BCUT2D eigenvalue weighted by Gasteiger charge is -2.18. The van der Waals surface area contributed by atoms with Gasteiger partial charge in [-0.25, -0.2) is 0 Å². The van der Waals surface area contributed by atoms with Crippen LogP contribution >= 0.6 is 34.2 Å². The Kier molecular flexibility index (Phi) is 5.25. The molecule has 1 atom stereocenters. The second-order valence-electron chi connectivity index (χ2n) is 4.73. The Morgan fingerprint density at radius 3 is 2.42 bits per heavy atom. The molecule has 0 saturated heterocycles. The van der Waals surface area contributed by atoms with E-state index < -0.39 is 0 Å². The third kappa shape index (κ3) is 4.20. The number of benzene rings is 2. The maximum Gasteiger partial charge on any atom is 0.0411 e. The van der Waals surface area contributed by atoms with Gasteiger partial charge in [0.05, 0.1) is 0 Å². The molecule has 0 spiro atoms. The van der Waals surface area contributed by atoms with E-state index in [0.717, 1.165) is 11.4 Å². The van der Waals surface area contributed by atoms with Crippen LogP contribution in [0.4, 0.5) is 0 Å². The third-order valence-corrected chi connectivity index (χ3v) is 4.11. The first-order valence-corrected chi connectivity index (χ1v) is 7.73. The summed E-state index contributed by atoms with van der Waals surface area (Å²) in [4.78, 5) is 0. The van der Waals surface area contributed by atoms with Crippen LogP contribution in [-0.2, 0) is 6.42 Å². The molecular weight excluding hydrogens is 369 g/mol. The topological polar surface area (TPSA) is 12.0 Å². The summed E-state index contributed by atoms with van der Waals surface area (Å²) in [5, 5.41) is 4.18. The molecule has 1 N–H and O–H groups in total. The fraction of sp³-hybridized carbons (Fsp3) is 0.250. The number of hydrogen-bond donors (Lipinski definition) is 1. The van der Waals surface area contributed by atoms with Gasteiger partial charge in [-0.2, -0.15) is 0 Å². The lowest BCUT2D eigenvalue weighted by molar-refractivity contribution is 0.591. The molecule has 0 aliphatic rings. The summed E-state index contributed by atoms with van der Waals surface area (Å²) >= 11 is 8.47. The number of halogens is 2. The smallest absolute Gasteiger partial charge is 0.0411 e. The number of likely N-dealkylation sites (N-methyl/N-ethyl adjacent to an activating group) is 1. The van der Waals surface area contributed by atoms with Gasteiger partial charge in [-0.15, -0.1) is 0 Å². The van der Waals surface area contributed by atoms with E-state index in [0.29, 0.717) is 0 Å². The van der Waals surface area contributed by atoms with Gasteiger partial charge in [-0.05, 0) is 83.9 Å². The summed E-state index contributed by atoms with van der Waals surface area (Å²) in [6.07, 6.45) is 0.965. The zero-order valence-electron chi connectivity index (χ0n) is 11.1. The molecule has 0 amide bonds. The van der Waals surface area contributed by atoms with Crippen molar-refractivity contribution in [2.75, 3.05) is 7.05 Å². The highest BCUT2D eigenvalue weighted by Gasteiger charge is 2.11. The molecule has 0 aromatic heterocycles. The van der Waals surface area contributed by atoms with Crippen molar-refractivity contribution in [3.8, 4) is 0 Å². The fourth-order valence-corrected chi connectivity index (χ4v) is 2.87. The van der Waals surface area contributed by atoms with Crippen molar-refractivity contribution in [1.29, 1.82) is 0 Å². The van der Waals surface area contributed by atoms with E-state index in [1.165, 1.54) is 20.3 Å². The van der Waals surface area contributed by atoms with Crippen molar-refractivity contribution in [2.24, 2.45) is 0 Å². The van der Waals surface area contributed by atoms with Crippen molar-refractivity contribution < 1.29 is 0 Å². The van der Waals surface area contributed by atoms with E-state index in [9.17, 15) is 0 Å². The first kappa shape index (κ1) is 14.8. The van der Waals surface area contributed by atoms with E-state index in [2.05, 4.69) is 65.2 Å². The third-order valence-electron chi connectivity index (χ3n) is 3.17. The zero-order chi connectivity index (χ0) is 13.8. The minimum absolute atomic E-state index is 0.289. The summed E-state index contributed by atoms with van der Waals surface area (Å²) in [5.74, 6) is 0. The molecule has 0 radical (unpaired) electrons. The van der Waals surface area contributed by atoms with E-state index >= 15 is 0 Å². The summed E-state index contributed by atoms with van der Waals surface area (Å²) in [7, 11) is 1.99. The summed E-state index contributed by atoms with van der Waals surface area (Å²) < 4.78 is 1.26. The van der Waals surface area contributed by atoms with E-state index in [-0.39, 0.29) is 6.04 Å². The monoisotopic (exact) mass is 385 g/mol. The highest BCUT2D eigenvalue weighted by atomic mass is 127. The van der Waals surface area contributed by atoms with Crippen LogP contribution in [0.15, 0.2) is 42.5 Å². The number of hydrogen-bond acceptors (Lipinski definition) is 1. The van der Waals surface area contributed by atoms with Crippen molar-refractivity contribution in [1.82, 2.24) is 5.32 Å². The molecule has 19 heavy (non-hydrogen) atoms. The van der Waals surface area contributed by atoms with Gasteiger partial charge in [0, 0.05) is 14.6 Å². The quantitative estimate of drug-likeness (QED) is 0.749. The van der Waals surface area contributed by atoms with Crippen molar-refractivity contribution in [3.63, 3.8) is 0 Å². The van der Waals surface area contributed by atoms with Crippen molar-refractivity contribution >= 4 is 34.2 Å². The van der Waals surface area contributed by atoms with E-state index in [4.69, 9.17) is 11.6 Å². The SMILES string of the molecule is CNC(Cc1ccc(I)cc1)c1cc(C)cc(Cl)c1. The van der Waals surface area contributed by atoms with Crippen molar-refractivity contribution in [3.05, 3.63) is 67.7 Å². The zero-order valence-corrected chi connectivity index (χ0v) is 14.0. The van der Waals surface area contributed by atoms with Crippen LogP contribution in [0, 0.1) is 10.5 Å². The predicted octanol–water partition coefficient (Wildman–Crippen LogP) is 4.76. The first-order chi connectivity index (χ1) is 9.08. The highest BCUT2D eigenvalue weighted by Crippen LogP contribution is 2.23. The highest BCUT2D eigenvalue weighted by molar-refractivity contribution is 14.1. The van der Waals surface area contributed by atoms with Crippen LogP contribution in [0.2, 0.25) is 5.02 Å². The second kappa shape index (κ2) is 6.73. The Hall–Kier alpha value is -0.580. The van der Waals surface area contributed by atoms with Crippen LogP contribution in [0.1, 0.15) is 22.7 Å². The largest absolute Gasteiger partial charge is 0.313 e. The Labute approximate surface area is 133 Å². The number of rotatable bonds is 4. The molecule has 2 aromatic carbocycles. The number of aryl methyl sites for hydroxylation is 1. The molecule has 0 fully saturated rings. The standard InChI is InChI=1S/C16H17ClIN/c1-11-7-13(10-14(17)8-11)16(19-2)9-12-3-5-15(18)6-4-12/h3-8,10,16,19H,9H2,1-2H3. The second-order valence-corrected chi connectivity index (χ2v) is 6.42. The summed E-state index contributed by atoms with van der Waals surface area (Å²) in [5.41, 5.74) is 3.77. The number of nitrogens with one attached hydrogen (secondary N) is 1. The maximum atomic E-state index is 6.15. The Morgan fingerprint density at radius 1 is 1.16 bits per heavy atom. The average molecular weight is 386 g/mol. The molecule has 100 valence electrons. The first-order valence-electron chi connectivity index (χ1n) is 6.27. The molecule has 0 heterocycles. The Morgan fingerprint density at radius 2 is 1.84 bits per heavy atom. The average Bonchev–Trinajstić information content (AvgIpc) is 2.37. The van der Waals surface area contributed by atoms with Crippen LogP contribution in [0.5, 0.6) is 0 Å². The van der Waals surface area contributed by atoms with Crippen LogP contribution in [0.25, 0.3) is 0 Å². The van der Waals surface area contributed by atoms with E-state index in [1.54, 1.807) is 0 Å². The van der Waals surface area contributed by atoms with Gasteiger partial charge in [0.25, 0.3) is 0 Å². The molecule has 2 aromatic rings. The minimum atomic E-state index is 0.289. The summed E-state index contributed by atoms with van der Waals surface area (Å²) in [6.45, 7) is 2.08. The van der Waals surface area contributed by atoms with Crippen LogP contribution in [0.3, 0.4) is 0 Å². The normalized spacial score (nSPS) is 12.4. The van der Waals surface area contributed by atoms with Gasteiger partial charge < -0.3 is 5.32 Å². The molecular formula is C16H17ClIN. The molecule has 0 aliphatic heterocycles. The van der Waals surface area contributed by atoms with Gasteiger partial charge >= 0.3 is 0 Å². The minimum Gasteiger partial charge on any atom is -0.313 e. The van der Waals surface area contributed by atoms with Crippen LogP contribution in [-0.4, -0.2) is 7.05 Å². The van der Waals surface area contributed by atoms with Gasteiger partial charge in [-0.1, -0.05) is 29.8 Å². The lowest BCUT2D eigenvalue weighted by Crippen LogP contribution is -2.19. The predicted molar refractivity (Wildman–Crippen MR) is 90.9 cm³/mol. The van der Waals surface area contributed by atoms with Crippen molar-refractivity contribution in [2.45, 2.75) is 19.4 Å². The van der Waals surface area contributed by atoms with E-state index in [1.807, 2.05) is 19.2 Å². The van der Waals surface area contributed by atoms with Crippen LogP contribution < -0.4 is 5.32 Å². The summed E-state index contributed by atoms with van der Waals surface area (Å²) in [6, 6.07) is 15.2. The van der Waals surface area contributed by atoms with Gasteiger partial charge in [0.2, 0.25) is 0 Å². The molecule has 1 unspecified atom stereocenters. The molecule has 2 rings (SSSR count). The van der Waals surface area contributed by atoms with Gasteiger partial charge in [0.1, 0.15) is 0 Å². The fourth-order valence-electron chi connectivity index (χ4n) is 2.21. The lowest BCUT2D eigenvalue weighted by atomic mass is 9.98. The molecule has 3 heteroatoms. The Bertz CT molecular complexity index is 531. The Balaban J connectivity index is 2.22. The molecule has 0 saturated carbocycles. The molecule has 0 bridgehead atoms. The molecule has 0 aliphatic carbocycles. The van der Waals surface area contributed by atoms with Gasteiger partial charge in [0.15, 0.2) is 0 Å². The molecule has 1 nitrogen and oxygen atoms in total.